The van der Waals surface area contributed by atoms with Crippen LogP contribution in [-0.2, 0) is 20.9 Å². The molecule has 7 nitrogen and oxygen atoms in total. The molecular weight excluding hydrogens is 370 g/mol. The molecule has 1 saturated heterocycles. The zero-order valence-electron chi connectivity index (χ0n) is 17.6. The molecule has 1 aliphatic heterocycles. The number of nitrogens with zero attached hydrogens (tertiary/aromatic N) is 2. The highest BCUT2D eigenvalue weighted by Crippen LogP contribution is 2.47. The molecule has 1 saturated carbocycles. The first-order valence-corrected chi connectivity index (χ1v) is 10.4. The minimum absolute atomic E-state index is 0.112. The summed E-state index contributed by atoms with van der Waals surface area (Å²) in [4.78, 5) is 29.0. The molecule has 7 heteroatoms. The van der Waals surface area contributed by atoms with Crippen LogP contribution in [-0.4, -0.2) is 68.6 Å². The van der Waals surface area contributed by atoms with E-state index in [9.17, 15) is 9.59 Å². The van der Waals surface area contributed by atoms with Crippen LogP contribution >= 0.6 is 0 Å². The smallest absolute Gasteiger partial charge is 0.238 e. The lowest BCUT2D eigenvalue weighted by Gasteiger charge is -2.36. The first kappa shape index (κ1) is 21.6. The number of carbonyl (C=O) groups is 2. The minimum atomic E-state index is -0.960. The van der Waals surface area contributed by atoms with Crippen molar-refractivity contribution in [2.75, 3.05) is 47.0 Å². The highest BCUT2D eigenvalue weighted by atomic mass is 16.5. The zero-order valence-corrected chi connectivity index (χ0v) is 17.6. The van der Waals surface area contributed by atoms with E-state index in [2.05, 4.69) is 11.0 Å². The Morgan fingerprint density at radius 3 is 2.48 bits per heavy atom. The van der Waals surface area contributed by atoms with Gasteiger partial charge in [-0.15, -0.1) is 0 Å². The van der Waals surface area contributed by atoms with E-state index in [1.165, 1.54) is 5.56 Å². The monoisotopic (exact) mass is 403 g/mol. The number of primary amides is 1. The fourth-order valence-corrected chi connectivity index (χ4v) is 4.18. The van der Waals surface area contributed by atoms with E-state index in [1.54, 1.807) is 14.2 Å². The number of methoxy groups -OCH3 is 2. The molecule has 160 valence electrons. The molecule has 1 aromatic carbocycles. The maximum atomic E-state index is 13.0. The molecule has 1 aromatic rings. The van der Waals surface area contributed by atoms with Crippen molar-refractivity contribution in [3.8, 4) is 5.75 Å². The van der Waals surface area contributed by atoms with E-state index in [4.69, 9.17) is 15.2 Å². The van der Waals surface area contributed by atoms with Gasteiger partial charge < -0.3 is 20.1 Å². The van der Waals surface area contributed by atoms with Crippen LogP contribution in [0.25, 0.3) is 0 Å². The quantitative estimate of drug-likeness (QED) is 0.601. The number of hydrogen-bond acceptors (Lipinski definition) is 5. The van der Waals surface area contributed by atoms with Crippen molar-refractivity contribution in [2.45, 2.75) is 32.2 Å². The maximum Gasteiger partial charge on any atom is 0.238 e. The number of hydrogen-bond donors (Lipinski definition) is 1. The lowest BCUT2D eigenvalue weighted by Crippen LogP contribution is -2.47. The Bertz CT molecular complexity index is 712. The normalized spacial score (nSPS) is 19.0. The van der Waals surface area contributed by atoms with Crippen molar-refractivity contribution in [1.29, 1.82) is 0 Å². The van der Waals surface area contributed by atoms with Crippen LogP contribution in [0.4, 0.5) is 0 Å². The summed E-state index contributed by atoms with van der Waals surface area (Å²) in [7, 11) is 3.33. The summed E-state index contributed by atoms with van der Waals surface area (Å²) < 4.78 is 10.6. The SMILES string of the molecule is COCCN(CC1CCN(Cc2ccccc2OC)CC1)C(=O)C1(C(N)=O)CC1. The molecule has 0 bridgehead atoms. The van der Waals surface area contributed by atoms with Gasteiger partial charge in [-0.1, -0.05) is 18.2 Å². The molecule has 2 fully saturated rings. The van der Waals surface area contributed by atoms with Crippen LogP contribution in [0.1, 0.15) is 31.2 Å². The fraction of sp³-hybridized carbons (Fsp3) is 0.636. The standard InChI is InChI=1S/C22H33N3O4/c1-28-14-13-25(21(27)22(9-10-22)20(23)26)15-17-7-11-24(12-8-17)16-18-5-3-4-6-19(18)29-2/h3-6,17H,7-16H2,1-2H3,(H2,23,26). The molecule has 0 spiro atoms. The number of ether oxygens (including phenoxy) is 2. The molecular formula is C22H33N3O4. The van der Waals surface area contributed by atoms with Crippen LogP contribution in [0.15, 0.2) is 24.3 Å². The van der Waals surface area contributed by atoms with Gasteiger partial charge in [-0.2, -0.15) is 0 Å². The van der Waals surface area contributed by atoms with Gasteiger partial charge in [0.15, 0.2) is 0 Å². The highest BCUT2D eigenvalue weighted by molar-refractivity contribution is 6.07. The second kappa shape index (κ2) is 9.59. The summed E-state index contributed by atoms with van der Waals surface area (Å²) in [5.74, 6) is 0.746. The Morgan fingerprint density at radius 2 is 1.90 bits per heavy atom. The maximum absolute atomic E-state index is 13.0. The molecule has 29 heavy (non-hydrogen) atoms. The van der Waals surface area contributed by atoms with E-state index < -0.39 is 11.3 Å². The van der Waals surface area contributed by atoms with E-state index in [0.717, 1.165) is 38.2 Å². The third-order valence-electron chi connectivity index (χ3n) is 6.26. The largest absolute Gasteiger partial charge is 0.496 e. The zero-order chi connectivity index (χ0) is 20.9. The highest BCUT2D eigenvalue weighted by Gasteiger charge is 2.57. The van der Waals surface area contributed by atoms with Crippen LogP contribution in [0.3, 0.4) is 0 Å². The molecule has 1 aliphatic carbocycles. The summed E-state index contributed by atoms with van der Waals surface area (Å²) >= 11 is 0. The van der Waals surface area contributed by atoms with Crippen molar-refractivity contribution in [2.24, 2.45) is 17.1 Å². The number of benzene rings is 1. The second-order valence-corrected chi connectivity index (χ2v) is 8.22. The molecule has 3 rings (SSSR count). The molecule has 0 radical (unpaired) electrons. The Labute approximate surface area is 173 Å². The summed E-state index contributed by atoms with van der Waals surface area (Å²) in [6, 6.07) is 8.12. The summed E-state index contributed by atoms with van der Waals surface area (Å²) in [5, 5.41) is 0. The molecule has 0 unspecified atom stereocenters. The van der Waals surface area contributed by atoms with Gasteiger partial charge in [-0.25, -0.2) is 0 Å². The lowest BCUT2D eigenvalue weighted by molar-refractivity contribution is -0.144. The average Bonchev–Trinajstić information content (AvgIpc) is 3.54. The minimum Gasteiger partial charge on any atom is -0.496 e. The van der Waals surface area contributed by atoms with Crippen molar-refractivity contribution in [3.05, 3.63) is 29.8 Å². The average molecular weight is 404 g/mol. The number of piperidine rings is 1. The molecule has 1 heterocycles. The lowest BCUT2D eigenvalue weighted by atomic mass is 9.94. The fourth-order valence-electron chi connectivity index (χ4n) is 4.18. The predicted molar refractivity (Wildman–Crippen MR) is 110 cm³/mol. The number of rotatable bonds is 10. The van der Waals surface area contributed by atoms with Crippen molar-refractivity contribution in [3.63, 3.8) is 0 Å². The van der Waals surface area contributed by atoms with Crippen LogP contribution < -0.4 is 10.5 Å². The van der Waals surface area contributed by atoms with Gasteiger partial charge in [0.2, 0.25) is 11.8 Å². The number of likely N-dealkylation sites (tertiary alicyclic amines) is 1. The van der Waals surface area contributed by atoms with Gasteiger partial charge >= 0.3 is 0 Å². The van der Waals surface area contributed by atoms with Crippen molar-refractivity contribution >= 4 is 11.8 Å². The Balaban J connectivity index is 1.54. The predicted octanol–water partition coefficient (Wildman–Crippen LogP) is 1.65. The Morgan fingerprint density at radius 1 is 1.21 bits per heavy atom. The summed E-state index contributed by atoms with van der Waals surface area (Å²) in [6.07, 6.45) is 3.19. The van der Waals surface area contributed by atoms with E-state index in [1.807, 2.05) is 23.1 Å². The van der Waals surface area contributed by atoms with Gasteiger partial charge in [0.05, 0.1) is 13.7 Å². The van der Waals surface area contributed by atoms with Crippen LogP contribution in [0.2, 0.25) is 0 Å². The summed E-state index contributed by atoms with van der Waals surface area (Å²) in [5.41, 5.74) is 5.75. The van der Waals surface area contributed by atoms with E-state index >= 15 is 0 Å². The third-order valence-corrected chi connectivity index (χ3v) is 6.26. The topological polar surface area (TPSA) is 85.1 Å². The van der Waals surface area contributed by atoms with Gasteiger partial charge in [0, 0.05) is 32.3 Å². The number of carbonyl (C=O) groups excluding carboxylic acids is 2. The first-order chi connectivity index (χ1) is 14.0. The van der Waals surface area contributed by atoms with Crippen molar-refractivity contribution in [1.82, 2.24) is 9.80 Å². The van der Waals surface area contributed by atoms with Gasteiger partial charge in [0.25, 0.3) is 0 Å². The molecule has 2 aliphatic rings. The Kier molecular flexibility index (Phi) is 7.14. The number of nitrogens with two attached hydrogens (primary N) is 1. The molecule has 0 atom stereocenters. The molecule has 2 N–H and O–H groups in total. The Hall–Kier alpha value is -2.12. The third kappa shape index (κ3) is 5.08. The van der Waals surface area contributed by atoms with Crippen LogP contribution in [0.5, 0.6) is 5.75 Å². The van der Waals surface area contributed by atoms with Gasteiger partial charge in [-0.3, -0.25) is 14.5 Å². The summed E-state index contributed by atoms with van der Waals surface area (Å²) in [6.45, 7) is 4.47. The first-order valence-electron chi connectivity index (χ1n) is 10.4. The molecule has 0 aromatic heterocycles. The molecule has 2 amide bonds. The number of para-hydroxylation sites is 1. The van der Waals surface area contributed by atoms with Gasteiger partial charge in [-0.05, 0) is 50.8 Å². The van der Waals surface area contributed by atoms with Gasteiger partial charge in [0.1, 0.15) is 11.2 Å². The number of amides is 2. The van der Waals surface area contributed by atoms with Crippen molar-refractivity contribution < 1.29 is 19.1 Å². The second-order valence-electron chi connectivity index (χ2n) is 8.22. The van der Waals surface area contributed by atoms with E-state index in [-0.39, 0.29) is 5.91 Å². The van der Waals surface area contributed by atoms with E-state index in [0.29, 0.717) is 38.5 Å². The van der Waals surface area contributed by atoms with Crippen LogP contribution in [0, 0.1) is 11.3 Å².